The summed E-state index contributed by atoms with van der Waals surface area (Å²) < 4.78 is 5.74. The van der Waals surface area contributed by atoms with E-state index in [1.165, 1.54) is 0 Å². The Labute approximate surface area is 128 Å². The third kappa shape index (κ3) is 4.39. The number of piperazine rings is 1. The van der Waals surface area contributed by atoms with Crippen molar-refractivity contribution in [3.8, 4) is 0 Å². The Morgan fingerprint density at radius 2 is 2.05 bits per heavy atom. The molecular weight excluding hydrogens is 268 g/mol. The Morgan fingerprint density at radius 1 is 1.33 bits per heavy atom. The van der Waals surface area contributed by atoms with E-state index in [2.05, 4.69) is 27.4 Å². The summed E-state index contributed by atoms with van der Waals surface area (Å²) in [5, 5.41) is 6.40. The number of likely N-dealkylation sites (N-methyl/N-ethyl adjacent to an activating group) is 1. The molecule has 0 saturated carbocycles. The highest BCUT2D eigenvalue weighted by atomic mass is 16.5. The van der Waals surface area contributed by atoms with Gasteiger partial charge in [-0.1, -0.05) is 6.92 Å². The summed E-state index contributed by atoms with van der Waals surface area (Å²) in [5.74, 6) is 0.0987. The molecule has 21 heavy (non-hydrogen) atoms. The van der Waals surface area contributed by atoms with Crippen LogP contribution in [0, 0.1) is 0 Å². The van der Waals surface area contributed by atoms with Gasteiger partial charge in [0, 0.05) is 45.8 Å². The van der Waals surface area contributed by atoms with Crippen molar-refractivity contribution in [3.63, 3.8) is 0 Å². The topological polar surface area (TPSA) is 56.8 Å². The molecule has 2 fully saturated rings. The number of amides is 1. The van der Waals surface area contributed by atoms with Crippen LogP contribution in [0.4, 0.5) is 0 Å². The van der Waals surface area contributed by atoms with Crippen molar-refractivity contribution in [2.24, 2.45) is 0 Å². The quantitative estimate of drug-likeness (QED) is 0.717. The molecule has 6 nitrogen and oxygen atoms in total. The van der Waals surface area contributed by atoms with Crippen LogP contribution in [-0.2, 0) is 9.53 Å². The molecule has 0 radical (unpaired) electrons. The number of hydrogen-bond acceptors (Lipinski definition) is 5. The van der Waals surface area contributed by atoms with Gasteiger partial charge in [0.1, 0.15) is 0 Å². The molecule has 1 atom stereocenters. The van der Waals surface area contributed by atoms with Crippen LogP contribution in [0.15, 0.2) is 0 Å². The van der Waals surface area contributed by atoms with Crippen molar-refractivity contribution < 1.29 is 9.53 Å². The smallest absolute Gasteiger partial charge is 0.240 e. The second kappa shape index (κ2) is 7.54. The van der Waals surface area contributed by atoms with Gasteiger partial charge in [0.15, 0.2) is 0 Å². The fourth-order valence-corrected chi connectivity index (χ4v) is 2.98. The third-order valence-electron chi connectivity index (χ3n) is 4.62. The molecule has 2 heterocycles. The van der Waals surface area contributed by atoms with E-state index in [0.717, 1.165) is 52.4 Å². The van der Waals surface area contributed by atoms with E-state index in [-0.39, 0.29) is 12.0 Å². The molecule has 0 aromatic heterocycles. The fraction of sp³-hybridized carbons (Fsp3) is 0.933. The first kappa shape index (κ1) is 16.7. The van der Waals surface area contributed by atoms with Crippen molar-refractivity contribution in [2.75, 3.05) is 59.0 Å². The Hall–Kier alpha value is -0.690. The van der Waals surface area contributed by atoms with E-state index in [0.29, 0.717) is 6.54 Å². The van der Waals surface area contributed by atoms with E-state index >= 15 is 0 Å². The van der Waals surface area contributed by atoms with Gasteiger partial charge in [0.05, 0.1) is 18.2 Å². The van der Waals surface area contributed by atoms with Gasteiger partial charge in [-0.05, 0) is 20.4 Å². The Morgan fingerprint density at radius 3 is 2.71 bits per heavy atom. The standard InChI is InChI=1S/C15H30N4O2/c1-4-18-9-10-21-13(12-18)11-17-14(20)15(2,3)19-7-5-16-6-8-19/h13,16H,4-12H2,1-3H3,(H,17,20). The zero-order valence-electron chi connectivity index (χ0n) is 13.7. The normalized spacial score (nSPS) is 25.8. The minimum absolute atomic E-state index is 0.0987. The summed E-state index contributed by atoms with van der Waals surface area (Å²) in [7, 11) is 0. The molecule has 2 aliphatic rings. The van der Waals surface area contributed by atoms with Gasteiger partial charge in [-0.25, -0.2) is 0 Å². The minimum Gasteiger partial charge on any atom is -0.374 e. The molecule has 0 spiro atoms. The maximum Gasteiger partial charge on any atom is 0.240 e. The van der Waals surface area contributed by atoms with Crippen molar-refractivity contribution >= 4 is 5.91 Å². The number of morpholine rings is 1. The van der Waals surface area contributed by atoms with E-state index in [1.54, 1.807) is 0 Å². The van der Waals surface area contributed by atoms with E-state index < -0.39 is 5.54 Å². The molecule has 2 rings (SSSR count). The van der Waals surface area contributed by atoms with Gasteiger partial charge < -0.3 is 15.4 Å². The summed E-state index contributed by atoms with van der Waals surface area (Å²) in [6.45, 7) is 14.2. The highest BCUT2D eigenvalue weighted by Gasteiger charge is 2.35. The van der Waals surface area contributed by atoms with E-state index in [4.69, 9.17) is 4.74 Å². The minimum atomic E-state index is -0.457. The van der Waals surface area contributed by atoms with Crippen molar-refractivity contribution in [2.45, 2.75) is 32.4 Å². The molecule has 6 heteroatoms. The first-order valence-electron chi connectivity index (χ1n) is 8.12. The average molecular weight is 298 g/mol. The number of rotatable bonds is 5. The molecule has 1 unspecified atom stereocenters. The summed E-state index contributed by atoms with van der Waals surface area (Å²) in [6, 6.07) is 0. The largest absolute Gasteiger partial charge is 0.374 e. The second-order valence-electron chi connectivity index (χ2n) is 6.39. The predicted molar refractivity (Wildman–Crippen MR) is 83.4 cm³/mol. The molecule has 2 aliphatic heterocycles. The Balaban J connectivity index is 1.80. The number of carbonyl (C=O) groups is 1. The first-order valence-corrected chi connectivity index (χ1v) is 8.12. The van der Waals surface area contributed by atoms with Gasteiger partial charge in [0.25, 0.3) is 0 Å². The zero-order valence-corrected chi connectivity index (χ0v) is 13.7. The zero-order chi connectivity index (χ0) is 15.3. The van der Waals surface area contributed by atoms with E-state index in [1.807, 2.05) is 13.8 Å². The van der Waals surface area contributed by atoms with Crippen LogP contribution < -0.4 is 10.6 Å². The molecule has 2 N–H and O–H groups in total. The van der Waals surface area contributed by atoms with Gasteiger partial charge in [-0.15, -0.1) is 0 Å². The molecule has 0 aromatic rings. The lowest BCUT2D eigenvalue weighted by Gasteiger charge is -2.40. The molecule has 122 valence electrons. The predicted octanol–water partition coefficient (Wildman–Crippen LogP) is -0.493. The summed E-state index contributed by atoms with van der Waals surface area (Å²) in [5.41, 5.74) is -0.457. The SMILES string of the molecule is CCN1CCOC(CNC(=O)C(C)(C)N2CCNCC2)C1. The Kier molecular flexibility index (Phi) is 5.98. The first-order chi connectivity index (χ1) is 10.0. The lowest BCUT2D eigenvalue weighted by Crippen LogP contribution is -2.61. The number of nitrogens with zero attached hydrogens (tertiary/aromatic N) is 2. The van der Waals surface area contributed by atoms with Crippen LogP contribution in [-0.4, -0.2) is 86.3 Å². The van der Waals surface area contributed by atoms with Crippen LogP contribution in [0.5, 0.6) is 0 Å². The molecular formula is C15H30N4O2. The van der Waals surface area contributed by atoms with Crippen LogP contribution in [0.1, 0.15) is 20.8 Å². The monoisotopic (exact) mass is 298 g/mol. The van der Waals surface area contributed by atoms with E-state index in [9.17, 15) is 4.79 Å². The molecule has 0 aliphatic carbocycles. The van der Waals surface area contributed by atoms with Gasteiger partial charge in [-0.2, -0.15) is 0 Å². The highest BCUT2D eigenvalue weighted by molar-refractivity contribution is 5.85. The Bertz CT molecular complexity index is 343. The maximum atomic E-state index is 12.5. The van der Waals surface area contributed by atoms with Gasteiger partial charge in [0.2, 0.25) is 5.91 Å². The number of ether oxygens (including phenoxy) is 1. The molecule has 0 bridgehead atoms. The number of carbonyl (C=O) groups excluding carboxylic acids is 1. The van der Waals surface area contributed by atoms with Crippen LogP contribution in [0.3, 0.4) is 0 Å². The van der Waals surface area contributed by atoms with Crippen LogP contribution >= 0.6 is 0 Å². The molecule has 0 aromatic carbocycles. The van der Waals surface area contributed by atoms with Gasteiger partial charge >= 0.3 is 0 Å². The average Bonchev–Trinajstić information content (AvgIpc) is 2.53. The van der Waals surface area contributed by atoms with Gasteiger partial charge in [-0.3, -0.25) is 14.6 Å². The number of hydrogen-bond donors (Lipinski definition) is 2. The highest BCUT2D eigenvalue weighted by Crippen LogP contribution is 2.15. The second-order valence-corrected chi connectivity index (χ2v) is 6.39. The van der Waals surface area contributed by atoms with Crippen molar-refractivity contribution in [1.29, 1.82) is 0 Å². The molecule has 1 amide bonds. The number of nitrogens with one attached hydrogen (secondary N) is 2. The maximum absolute atomic E-state index is 12.5. The lowest BCUT2D eigenvalue weighted by atomic mass is 10.0. The summed E-state index contributed by atoms with van der Waals surface area (Å²) >= 11 is 0. The van der Waals surface area contributed by atoms with Crippen molar-refractivity contribution in [3.05, 3.63) is 0 Å². The van der Waals surface area contributed by atoms with Crippen molar-refractivity contribution in [1.82, 2.24) is 20.4 Å². The fourth-order valence-electron chi connectivity index (χ4n) is 2.98. The summed E-state index contributed by atoms with van der Waals surface area (Å²) in [4.78, 5) is 17.1. The van der Waals surface area contributed by atoms with Crippen LogP contribution in [0.2, 0.25) is 0 Å². The molecule has 2 saturated heterocycles. The lowest BCUT2D eigenvalue weighted by molar-refractivity contribution is -0.133. The third-order valence-corrected chi connectivity index (χ3v) is 4.62. The summed E-state index contributed by atoms with van der Waals surface area (Å²) in [6.07, 6.45) is 0.112. The van der Waals surface area contributed by atoms with Crippen LogP contribution in [0.25, 0.3) is 0 Å².